The van der Waals surface area contributed by atoms with Gasteiger partial charge in [0.15, 0.2) is 0 Å². The molecule has 6 heteroatoms. The zero-order valence-corrected chi connectivity index (χ0v) is 13.1. The van der Waals surface area contributed by atoms with E-state index in [0.717, 1.165) is 29.9 Å². The molecule has 106 valence electrons. The highest BCUT2D eigenvalue weighted by Gasteiger charge is 2.09. The van der Waals surface area contributed by atoms with Gasteiger partial charge in [-0.15, -0.1) is 11.3 Å². The molecule has 0 amide bonds. The first kappa shape index (κ1) is 14.9. The molecule has 0 atom stereocenters. The first-order valence-corrected chi connectivity index (χ1v) is 7.47. The summed E-state index contributed by atoms with van der Waals surface area (Å²) in [5.41, 5.74) is 10.6. The van der Waals surface area contributed by atoms with E-state index in [2.05, 4.69) is 22.3 Å². The van der Waals surface area contributed by atoms with Crippen LogP contribution in [-0.4, -0.2) is 29.0 Å². The fourth-order valence-corrected chi connectivity index (χ4v) is 2.71. The molecule has 0 bridgehead atoms. The standard InChI is InChI=1S/C14H17N3OS2/c1-17(7-11-8-20-9-16-11)6-10-3-4-13(18-2)12(5-10)14(15)19/h3-5,8-9H,6-7H2,1-2H3,(H2,15,19). The summed E-state index contributed by atoms with van der Waals surface area (Å²) in [4.78, 5) is 6.83. The van der Waals surface area contributed by atoms with E-state index in [1.54, 1.807) is 18.4 Å². The molecule has 1 aromatic carbocycles. The van der Waals surface area contributed by atoms with Crippen LogP contribution < -0.4 is 10.5 Å². The summed E-state index contributed by atoms with van der Waals surface area (Å²) < 4.78 is 5.26. The topological polar surface area (TPSA) is 51.4 Å². The van der Waals surface area contributed by atoms with Gasteiger partial charge in [0.25, 0.3) is 0 Å². The van der Waals surface area contributed by atoms with Gasteiger partial charge in [-0.2, -0.15) is 0 Å². The molecule has 2 rings (SSSR count). The molecule has 0 aliphatic heterocycles. The minimum atomic E-state index is 0.353. The minimum Gasteiger partial charge on any atom is -0.496 e. The predicted octanol–water partition coefficient (Wildman–Crippen LogP) is 2.42. The van der Waals surface area contributed by atoms with Crippen LogP contribution >= 0.6 is 23.6 Å². The van der Waals surface area contributed by atoms with Crippen molar-refractivity contribution in [2.45, 2.75) is 13.1 Å². The van der Waals surface area contributed by atoms with E-state index in [1.165, 1.54) is 0 Å². The number of thiocarbonyl (C=S) groups is 1. The minimum absolute atomic E-state index is 0.353. The Morgan fingerprint density at radius 3 is 2.85 bits per heavy atom. The second-order valence-corrected chi connectivity index (χ2v) is 5.71. The van der Waals surface area contributed by atoms with Gasteiger partial charge in [0.1, 0.15) is 10.7 Å². The Hall–Kier alpha value is -1.50. The summed E-state index contributed by atoms with van der Waals surface area (Å²) in [7, 11) is 3.68. The lowest BCUT2D eigenvalue weighted by Crippen LogP contribution is -2.18. The van der Waals surface area contributed by atoms with E-state index < -0.39 is 0 Å². The van der Waals surface area contributed by atoms with Gasteiger partial charge in [-0.1, -0.05) is 18.3 Å². The van der Waals surface area contributed by atoms with E-state index in [1.807, 2.05) is 23.7 Å². The second-order valence-electron chi connectivity index (χ2n) is 4.55. The third-order valence-electron chi connectivity index (χ3n) is 2.90. The largest absolute Gasteiger partial charge is 0.496 e. The van der Waals surface area contributed by atoms with Crippen LogP contribution in [0.1, 0.15) is 16.8 Å². The van der Waals surface area contributed by atoms with Gasteiger partial charge >= 0.3 is 0 Å². The van der Waals surface area contributed by atoms with Crippen molar-refractivity contribution >= 4 is 28.5 Å². The number of aromatic nitrogens is 1. The number of nitrogens with zero attached hydrogens (tertiary/aromatic N) is 2. The molecule has 0 aliphatic carbocycles. The van der Waals surface area contributed by atoms with Crippen molar-refractivity contribution in [2.24, 2.45) is 5.73 Å². The van der Waals surface area contributed by atoms with Crippen molar-refractivity contribution < 1.29 is 4.74 Å². The average molecular weight is 307 g/mol. The number of ether oxygens (including phenoxy) is 1. The van der Waals surface area contributed by atoms with Crippen molar-refractivity contribution in [3.63, 3.8) is 0 Å². The third kappa shape index (κ3) is 3.75. The van der Waals surface area contributed by atoms with Gasteiger partial charge in [-0.25, -0.2) is 4.98 Å². The van der Waals surface area contributed by atoms with Crippen LogP contribution in [0.2, 0.25) is 0 Å². The second kappa shape index (κ2) is 6.78. The number of benzene rings is 1. The number of hydrogen-bond donors (Lipinski definition) is 1. The molecule has 1 heterocycles. The van der Waals surface area contributed by atoms with E-state index in [-0.39, 0.29) is 0 Å². The maximum absolute atomic E-state index is 5.73. The third-order valence-corrected chi connectivity index (χ3v) is 3.75. The van der Waals surface area contributed by atoms with E-state index in [4.69, 9.17) is 22.7 Å². The highest BCUT2D eigenvalue weighted by Crippen LogP contribution is 2.20. The highest BCUT2D eigenvalue weighted by molar-refractivity contribution is 7.80. The van der Waals surface area contributed by atoms with Crippen LogP contribution in [0.15, 0.2) is 29.1 Å². The van der Waals surface area contributed by atoms with Crippen molar-refractivity contribution in [2.75, 3.05) is 14.2 Å². The SMILES string of the molecule is COc1ccc(CN(C)Cc2cscn2)cc1C(N)=S. The zero-order valence-electron chi connectivity index (χ0n) is 11.5. The van der Waals surface area contributed by atoms with Gasteiger partial charge in [-0.05, 0) is 24.7 Å². The first-order valence-electron chi connectivity index (χ1n) is 6.12. The summed E-state index contributed by atoms with van der Waals surface area (Å²) in [6.07, 6.45) is 0. The Morgan fingerprint density at radius 2 is 2.25 bits per heavy atom. The summed E-state index contributed by atoms with van der Waals surface area (Å²) in [5.74, 6) is 0.711. The Balaban J connectivity index is 2.09. The quantitative estimate of drug-likeness (QED) is 0.831. The molecule has 2 N–H and O–H groups in total. The fourth-order valence-electron chi connectivity index (χ4n) is 2.01. The number of nitrogens with two attached hydrogens (primary N) is 1. The van der Waals surface area contributed by atoms with E-state index >= 15 is 0 Å². The molecule has 1 aromatic heterocycles. The normalized spacial score (nSPS) is 10.8. The molecular formula is C14H17N3OS2. The first-order chi connectivity index (χ1) is 9.60. The number of methoxy groups -OCH3 is 1. The van der Waals surface area contributed by atoms with Crippen molar-refractivity contribution in [3.8, 4) is 5.75 Å². The Morgan fingerprint density at radius 1 is 1.45 bits per heavy atom. The highest BCUT2D eigenvalue weighted by atomic mass is 32.1. The Labute approximate surface area is 128 Å². The predicted molar refractivity (Wildman–Crippen MR) is 86.2 cm³/mol. The van der Waals surface area contributed by atoms with Crippen LogP contribution in [0.3, 0.4) is 0 Å². The summed E-state index contributed by atoms with van der Waals surface area (Å²) in [6, 6.07) is 5.91. The van der Waals surface area contributed by atoms with Crippen molar-refractivity contribution in [1.82, 2.24) is 9.88 Å². The van der Waals surface area contributed by atoms with Gasteiger partial charge in [0, 0.05) is 18.5 Å². The molecule has 0 aliphatic rings. The smallest absolute Gasteiger partial charge is 0.129 e. The molecule has 0 saturated carbocycles. The Kier molecular flexibility index (Phi) is 5.05. The van der Waals surface area contributed by atoms with Gasteiger partial charge in [0.05, 0.1) is 23.9 Å². The average Bonchev–Trinajstić information content (AvgIpc) is 2.91. The molecule has 20 heavy (non-hydrogen) atoms. The molecule has 0 spiro atoms. The maximum atomic E-state index is 5.73. The lowest BCUT2D eigenvalue weighted by Gasteiger charge is -2.16. The number of thiazole rings is 1. The monoisotopic (exact) mass is 307 g/mol. The fraction of sp³-hybridized carbons (Fsp3) is 0.286. The van der Waals surface area contributed by atoms with Crippen molar-refractivity contribution in [3.05, 3.63) is 45.9 Å². The summed E-state index contributed by atoms with van der Waals surface area (Å²) in [6.45, 7) is 1.62. The van der Waals surface area contributed by atoms with Crippen molar-refractivity contribution in [1.29, 1.82) is 0 Å². The number of hydrogen-bond acceptors (Lipinski definition) is 5. The molecular weight excluding hydrogens is 290 g/mol. The zero-order chi connectivity index (χ0) is 14.5. The summed E-state index contributed by atoms with van der Waals surface area (Å²) in [5, 5.41) is 2.06. The Bertz CT molecular complexity index is 584. The molecule has 2 aromatic rings. The van der Waals surface area contributed by atoms with E-state index in [0.29, 0.717) is 10.7 Å². The van der Waals surface area contributed by atoms with Crippen LogP contribution in [0, 0.1) is 0 Å². The lowest BCUT2D eigenvalue weighted by atomic mass is 10.1. The van der Waals surface area contributed by atoms with Gasteiger partial charge in [-0.3, -0.25) is 4.90 Å². The maximum Gasteiger partial charge on any atom is 0.129 e. The molecule has 4 nitrogen and oxygen atoms in total. The van der Waals surface area contributed by atoms with Crippen LogP contribution in [0.25, 0.3) is 0 Å². The summed E-state index contributed by atoms with van der Waals surface area (Å²) >= 11 is 6.67. The van der Waals surface area contributed by atoms with Gasteiger partial charge in [0.2, 0.25) is 0 Å². The van der Waals surface area contributed by atoms with Crippen LogP contribution in [0.4, 0.5) is 0 Å². The number of rotatable bonds is 6. The van der Waals surface area contributed by atoms with Crippen LogP contribution in [-0.2, 0) is 13.1 Å². The lowest BCUT2D eigenvalue weighted by molar-refractivity contribution is 0.315. The van der Waals surface area contributed by atoms with E-state index in [9.17, 15) is 0 Å². The molecule has 0 fully saturated rings. The molecule has 0 radical (unpaired) electrons. The van der Waals surface area contributed by atoms with Gasteiger partial charge < -0.3 is 10.5 Å². The van der Waals surface area contributed by atoms with Crippen LogP contribution in [0.5, 0.6) is 5.75 Å². The molecule has 0 saturated heterocycles. The molecule has 0 unspecified atom stereocenters.